The van der Waals surface area contributed by atoms with Gasteiger partial charge >= 0.3 is 0 Å². The number of fused-ring (bicyclic) bond motifs is 1. The predicted molar refractivity (Wildman–Crippen MR) is 76.6 cm³/mol. The van der Waals surface area contributed by atoms with E-state index in [0.29, 0.717) is 12.3 Å². The number of hydrogen-bond donors (Lipinski definition) is 1. The SMILES string of the molecule is Nc1cccc(CCC(=O)N2CC3CCCC3C2)c1. The molecule has 2 fully saturated rings. The number of rotatable bonds is 3. The molecular formula is C16H22N2O. The highest BCUT2D eigenvalue weighted by atomic mass is 16.2. The van der Waals surface area contributed by atoms with Crippen LogP contribution in [-0.4, -0.2) is 23.9 Å². The summed E-state index contributed by atoms with van der Waals surface area (Å²) >= 11 is 0. The molecular weight excluding hydrogens is 236 g/mol. The summed E-state index contributed by atoms with van der Waals surface area (Å²) in [5.74, 6) is 1.89. The highest BCUT2D eigenvalue weighted by Gasteiger charge is 2.37. The van der Waals surface area contributed by atoms with Crippen LogP contribution in [0.15, 0.2) is 24.3 Å². The topological polar surface area (TPSA) is 46.3 Å². The van der Waals surface area contributed by atoms with Gasteiger partial charge in [-0.25, -0.2) is 0 Å². The van der Waals surface area contributed by atoms with Gasteiger partial charge in [-0.3, -0.25) is 4.79 Å². The highest BCUT2D eigenvalue weighted by molar-refractivity contribution is 5.76. The van der Waals surface area contributed by atoms with Gasteiger partial charge in [-0.1, -0.05) is 18.6 Å². The van der Waals surface area contributed by atoms with Gasteiger partial charge in [0.1, 0.15) is 0 Å². The fourth-order valence-electron chi connectivity index (χ4n) is 3.60. The van der Waals surface area contributed by atoms with Gasteiger partial charge in [0.25, 0.3) is 0 Å². The number of likely N-dealkylation sites (tertiary alicyclic amines) is 1. The van der Waals surface area contributed by atoms with Gasteiger partial charge in [0, 0.05) is 25.2 Å². The van der Waals surface area contributed by atoms with Gasteiger partial charge in [-0.05, 0) is 48.8 Å². The quantitative estimate of drug-likeness (QED) is 0.847. The highest BCUT2D eigenvalue weighted by Crippen LogP contribution is 2.37. The molecule has 1 aromatic carbocycles. The van der Waals surface area contributed by atoms with Gasteiger partial charge in [-0.2, -0.15) is 0 Å². The van der Waals surface area contributed by atoms with E-state index >= 15 is 0 Å². The molecule has 2 atom stereocenters. The molecule has 1 heterocycles. The zero-order valence-corrected chi connectivity index (χ0v) is 11.3. The summed E-state index contributed by atoms with van der Waals surface area (Å²) < 4.78 is 0. The molecule has 3 rings (SSSR count). The second kappa shape index (κ2) is 5.24. The van der Waals surface area contributed by atoms with Crippen LogP contribution in [0.4, 0.5) is 5.69 Å². The molecule has 3 heteroatoms. The maximum atomic E-state index is 12.2. The number of carbonyl (C=O) groups excluding carboxylic acids is 1. The van der Waals surface area contributed by atoms with Crippen LogP contribution in [0.2, 0.25) is 0 Å². The lowest BCUT2D eigenvalue weighted by Crippen LogP contribution is -2.29. The Hall–Kier alpha value is -1.51. The van der Waals surface area contributed by atoms with Crippen LogP contribution in [-0.2, 0) is 11.2 Å². The lowest BCUT2D eigenvalue weighted by atomic mass is 10.0. The average Bonchev–Trinajstić information content (AvgIpc) is 2.96. The van der Waals surface area contributed by atoms with Crippen molar-refractivity contribution in [2.45, 2.75) is 32.1 Å². The van der Waals surface area contributed by atoms with E-state index in [2.05, 4.69) is 4.90 Å². The summed E-state index contributed by atoms with van der Waals surface area (Å²) in [6.45, 7) is 2.00. The molecule has 2 aliphatic rings. The standard InChI is InChI=1S/C16H22N2O/c17-15-6-1-3-12(9-15)7-8-16(19)18-10-13-4-2-5-14(13)11-18/h1,3,6,9,13-14H,2,4-5,7-8,10-11,17H2. The third kappa shape index (κ3) is 2.75. The molecule has 1 aromatic rings. The molecule has 1 saturated carbocycles. The first kappa shape index (κ1) is 12.5. The third-order valence-electron chi connectivity index (χ3n) is 4.66. The van der Waals surface area contributed by atoms with Crippen molar-refractivity contribution >= 4 is 11.6 Å². The number of amides is 1. The smallest absolute Gasteiger partial charge is 0.222 e. The van der Waals surface area contributed by atoms with Gasteiger partial charge < -0.3 is 10.6 Å². The van der Waals surface area contributed by atoms with Crippen molar-refractivity contribution in [2.24, 2.45) is 11.8 Å². The lowest BCUT2D eigenvalue weighted by molar-refractivity contribution is -0.130. The summed E-state index contributed by atoms with van der Waals surface area (Å²) in [7, 11) is 0. The molecule has 102 valence electrons. The van der Waals surface area contributed by atoms with E-state index < -0.39 is 0 Å². The van der Waals surface area contributed by atoms with E-state index in [1.807, 2.05) is 24.3 Å². The van der Waals surface area contributed by atoms with E-state index in [9.17, 15) is 4.79 Å². The van der Waals surface area contributed by atoms with Crippen molar-refractivity contribution in [1.29, 1.82) is 0 Å². The number of anilines is 1. The monoisotopic (exact) mass is 258 g/mol. The number of carbonyl (C=O) groups is 1. The Morgan fingerprint density at radius 3 is 2.68 bits per heavy atom. The summed E-state index contributed by atoms with van der Waals surface area (Å²) in [4.78, 5) is 14.3. The van der Waals surface area contributed by atoms with Crippen LogP contribution in [0.3, 0.4) is 0 Å². The Bertz CT molecular complexity index is 460. The molecule has 0 bridgehead atoms. The Kier molecular flexibility index (Phi) is 3.45. The van der Waals surface area contributed by atoms with Crippen LogP contribution >= 0.6 is 0 Å². The predicted octanol–water partition coefficient (Wildman–Crippen LogP) is 2.46. The first-order chi connectivity index (χ1) is 9.22. The molecule has 1 saturated heterocycles. The van der Waals surface area contributed by atoms with E-state index in [1.54, 1.807) is 0 Å². The number of aryl methyl sites for hydroxylation is 1. The first-order valence-electron chi connectivity index (χ1n) is 7.34. The first-order valence-corrected chi connectivity index (χ1v) is 7.34. The van der Waals surface area contributed by atoms with Crippen LogP contribution in [0.5, 0.6) is 0 Å². The molecule has 0 spiro atoms. The zero-order valence-electron chi connectivity index (χ0n) is 11.3. The number of nitrogens with zero attached hydrogens (tertiary/aromatic N) is 1. The van der Waals surface area contributed by atoms with Crippen LogP contribution < -0.4 is 5.73 Å². The summed E-state index contributed by atoms with van der Waals surface area (Å²) in [6, 6.07) is 7.84. The number of hydrogen-bond acceptors (Lipinski definition) is 2. The van der Waals surface area contributed by atoms with Gasteiger partial charge in [0.2, 0.25) is 5.91 Å². The summed E-state index contributed by atoms with van der Waals surface area (Å²) in [5, 5.41) is 0. The fourth-order valence-corrected chi connectivity index (χ4v) is 3.60. The average molecular weight is 258 g/mol. The number of nitrogens with two attached hydrogens (primary N) is 1. The van der Waals surface area contributed by atoms with E-state index in [1.165, 1.54) is 19.3 Å². The maximum absolute atomic E-state index is 12.2. The minimum Gasteiger partial charge on any atom is -0.399 e. The Balaban J connectivity index is 1.52. The van der Waals surface area contributed by atoms with Crippen molar-refractivity contribution in [1.82, 2.24) is 4.90 Å². The number of nitrogen functional groups attached to an aromatic ring is 1. The Labute approximate surface area is 114 Å². The fraction of sp³-hybridized carbons (Fsp3) is 0.562. The van der Waals surface area contributed by atoms with Crippen molar-refractivity contribution < 1.29 is 4.79 Å². The normalized spacial score (nSPS) is 25.6. The minimum absolute atomic E-state index is 0.317. The second-order valence-electron chi connectivity index (χ2n) is 5.99. The molecule has 3 nitrogen and oxygen atoms in total. The molecule has 2 unspecified atom stereocenters. The van der Waals surface area contributed by atoms with Crippen LogP contribution in [0.25, 0.3) is 0 Å². The second-order valence-corrected chi connectivity index (χ2v) is 5.99. The molecule has 2 N–H and O–H groups in total. The van der Waals surface area contributed by atoms with Gasteiger partial charge in [0.05, 0.1) is 0 Å². The molecule has 1 aliphatic heterocycles. The van der Waals surface area contributed by atoms with Crippen molar-refractivity contribution in [3.8, 4) is 0 Å². The van der Waals surface area contributed by atoms with Gasteiger partial charge in [0.15, 0.2) is 0 Å². The lowest BCUT2D eigenvalue weighted by Gasteiger charge is -2.17. The molecule has 19 heavy (non-hydrogen) atoms. The van der Waals surface area contributed by atoms with E-state index in [4.69, 9.17) is 5.73 Å². The van der Waals surface area contributed by atoms with E-state index in [-0.39, 0.29) is 0 Å². The van der Waals surface area contributed by atoms with Crippen LogP contribution in [0, 0.1) is 11.8 Å². The van der Waals surface area contributed by atoms with Crippen molar-refractivity contribution in [3.05, 3.63) is 29.8 Å². The van der Waals surface area contributed by atoms with E-state index in [0.717, 1.165) is 42.6 Å². The molecule has 1 aliphatic carbocycles. The largest absolute Gasteiger partial charge is 0.399 e. The number of benzene rings is 1. The maximum Gasteiger partial charge on any atom is 0.222 e. The minimum atomic E-state index is 0.317. The summed E-state index contributed by atoms with van der Waals surface area (Å²) in [5.41, 5.74) is 7.69. The van der Waals surface area contributed by atoms with Crippen molar-refractivity contribution in [2.75, 3.05) is 18.8 Å². The third-order valence-corrected chi connectivity index (χ3v) is 4.66. The van der Waals surface area contributed by atoms with Crippen LogP contribution in [0.1, 0.15) is 31.2 Å². The Morgan fingerprint density at radius 2 is 2.00 bits per heavy atom. The molecule has 0 aromatic heterocycles. The molecule has 1 amide bonds. The zero-order chi connectivity index (χ0) is 13.2. The van der Waals surface area contributed by atoms with Gasteiger partial charge in [-0.15, -0.1) is 0 Å². The summed E-state index contributed by atoms with van der Waals surface area (Å²) in [6.07, 6.45) is 5.42. The molecule has 0 radical (unpaired) electrons. The van der Waals surface area contributed by atoms with Crippen molar-refractivity contribution in [3.63, 3.8) is 0 Å². The Morgan fingerprint density at radius 1 is 1.26 bits per heavy atom.